The topological polar surface area (TPSA) is 40.6 Å². The molecule has 0 N–H and O–H groups in total. The smallest absolute Gasteiger partial charge is 0.246 e. The first kappa shape index (κ1) is 12.9. The van der Waals surface area contributed by atoms with Crippen LogP contribution in [0.1, 0.15) is 51.9 Å². The fourth-order valence-electron chi connectivity index (χ4n) is 3.94. The lowest BCUT2D eigenvalue weighted by atomic mass is 9.88. The van der Waals surface area contributed by atoms with Gasteiger partial charge < -0.3 is 9.80 Å². The Morgan fingerprint density at radius 1 is 1.00 bits per heavy atom. The molecule has 0 aromatic carbocycles. The van der Waals surface area contributed by atoms with E-state index in [1.165, 1.54) is 32.1 Å². The van der Waals surface area contributed by atoms with Crippen LogP contribution < -0.4 is 0 Å². The second kappa shape index (κ2) is 5.14. The monoisotopic (exact) mass is 264 g/mol. The third-order valence-corrected chi connectivity index (χ3v) is 5.11. The minimum atomic E-state index is -0.247. The summed E-state index contributed by atoms with van der Waals surface area (Å²) < 4.78 is 0. The van der Waals surface area contributed by atoms with Crippen LogP contribution in [0.15, 0.2) is 0 Å². The first-order valence-electron chi connectivity index (χ1n) is 7.79. The highest BCUT2D eigenvalue weighted by molar-refractivity contribution is 5.97. The average Bonchev–Trinajstić information content (AvgIpc) is 2.92. The molecule has 2 amide bonds. The highest BCUT2D eigenvalue weighted by Crippen LogP contribution is 2.30. The molecule has 106 valence electrons. The maximum atomic E-state index is 12.6. The van der Waals surface area contributed by atoms with E-state index in [0.29, 0.717) is 5.92 Å². The second-order valence-corrected chi connectivity index (χ2v) is 6.36. The van der Waals surface area contributed by atoms with Crippen LogP contribution in [0.2, 0.25) is 0 Å². The van der Waals surface area contributed by atoms with Crippen molar-refractivity contribution < 1.29 is 9.59 Å². The van der Waals surface area contributed by atoms with Crippen molar-refractivity contribution in [2.24, 2.45) is 5.92 Å². The SMILES string of the molecule is CC1C(=O)N2CCCC2C(=O)N1CC1CCCCC1. The van der Waals surface area contributed by atoms with E-state index in [0.717, 1.165) is 25.9 Å². The molecule has 0 aromatic rings. The third kappa shape index (κ3) is 2.26. The van der Waals surface area contributed by atoms with Crippen LogP contribution in [0, 0.1) is 5.92 Å². The van der Waals surface area contributed by atoms with Crippen LogP contribution in [0.4, 0.5) is 0 Å². The Kier molecular flexibility index (Phi) is 3.50. The molecule has 1 saturated carbocycles. The molecule has 2 atom stereocenters. The summed E-state index contributed by atoms with van der Waals surface area (Å²) in [5.41, 5.74) is 0. The second-order valence-electron chi connectivity index (χ2n) is 6.36. The zero-order valence-corrected chi connectivity index (χ0v) is 11.8. The Balaban J connectivity index is 1.72. The van der Waals surface area contributed by atoms with Crippen molar-refractivity contribution in [3.05, 3.63) is 0 Å². The Morgan fingerprint density at radius 2 is 1.74 bits per heavy atom. The van der Waals surface area contributed by atoms with Gasteiger partial charge >= 0.3 is 0 Å². The van der Waals surface area contributed by atoms with Crippen LogP contribution in [-0.4, -0.2) is 46.8 Å². The van der Waals surface area contributed by atoms with Crippen molar-refractivity contribution in [2.45, 2.75) is 64.0 Å². The molecule has 0 radical (unpaired) electrons. The van der Waals surface area contributed by atoms with Gasteiger partial charge in [-0.3, -0.25) is 9.59 Å². The van der Waals surface area contributed by atoms with Gasteiger partial charge in [0.1, 0.15) is 12.1 Å². The highest BCUT2D eigenvalue weighted by Gasteiger charge is 2.46. The Bertz CT molecular complexity index is 376. The molecule has 19 heavy (non-hydrogen) atoms. The van der Waals surface area contributed by atoms with E-state index in [4.69, 9.17) is 0 Å². The van der Waals surface area contributed by atoms with E-state index in [1.807, 2.05) is 16.7 Å². The summed E-state index contributed by atoms with van der Waals surface area (Å²) in [5.74, 6) is 0.981. The molecule has 0 aromatic heterocycles. The number of nitrogens with zero attached hydrogens (tertiary/aromatic N) is 2. The number of rotatable bonds is 2. The van der Waals surface area contributed by atoms with E-state index in [9.17, 15) is 9.59 Å². The molecule has 2 unspecified atom stereocenters. The van der Waals surface area contributed by atoms with E-state index in [1.54, 1.807) is 0 Å². The van der Waals surface area contributed by atoms with Crippen molar-refractivity contribution in [2.75, 3.05) is 13.1 Å². The van der Waals surface area contributed by atoms with Crippen molar-refractivity contribution in [1.29, 1.82) is 0 Å². The average molecular weight is 264 g/mol. The maximum absolute atomic E-state index is 12.6. The van der Waals surface area contributed by atoms with Crippen LogP contribution in [0.5, 0.6) is 0 Å². The molecule has 4 heteroatoms. The number of hydrogen-bond acceptors (Lipinski definition) is 2. The zero-order chi connectivity index (χ0) is 13.4. The van der Waals surface area contributed by atoms with Gasteiger partial charge in [0.15, 0.2) is 0 Å². The fourth-order valence-corrected chi connectivity index (χ4v) is 3.94. The minimum Gasteiger partial charge on any atom is -0.329 e. The van der Waals surface area contributed by atoms with Crippen LogP contribution in [0.25, 0.3) is 0 Å². The molecule has 2 heterocycles. The number of carbonyl (C=O) groups excluding carboxylic acids is 2. The Hall–Kier alpha value is -1.06. The zero-order valence-electron chi connectivity index (χ0n) is 11.8. The Morgan fingerprint density at radius 3 is 2.47 bits per heavy atom. The molecule has 4 nitrogen and oxygen atoms in total. The molecule has 0 bridgehead atoms. The number of fused-ring (bicyclic) bond motifs is 1. The van der Waals surface area contributed by atoms with Crippen LogP contribution >= 0.6 is 0 Å². The normalized spacial score (nSPS) is 32.9. The van der Waals surface area contributed by atoms with Gasteiger partial charge in [-0.2, -0.15) is 0 Å². The number of carbonyl (C=O) groups is 2. The van der Waals surface area contributed by atoms with Gasteiger partial charge in [-0.15, -0.1) is 0 Å². The third-order valence-electron chi connectivity index (χ3n) is 5.11. The van der Waals surface area contributed by atoms with Gasteiger partial charge in [-0.05, 0) is 38.5 Å². The van der Waals surface area contributed by atoms with Gasteiger partial charge in [0.25, 0.3) is 0 Å². The van der Waals surface area contributed by atoms with Gasteiger partial charge in [0, 0.05) is 13.1 Å². The molecule has 3 aliphatic rings. The summed E-state index contributed by atoms with van der Waals surface area (Å²) in [6.07, 6.45) is 8.17. The minimum absolute atomic E-state index is 0.146. The van der Waals surface area contributed by atoms with E-state index in [-0.39, 0.29) is 23.9 Å². The van der Waals surface area contributed by atoms with Crippen molar-refractivity contribution in [3.8, 4) is 0 Å². The van der Waals surface area contributed by atoms with Gasteiger partial charge in [-0.1, -0.05) is 19.3 Å². The van der Waals surface area contributed by atoms with Crippen molar-refractivity contribution >= 4 is 11.8 Å². The molecular formula is C15H24N2O2. The van der Waals surface area contributed by atoms with Crippen LogP contribution in [0.3, 0.4) is 0 Å². The predicted molar refractivity (Wildman–Crippen MR) is 72.5 cm³/mol. The van der Waals surface area contributed by atoms with Gasteiger partial charge in [0.05, 0.1) is 0 Å². The highest BCUT2D eigenvalue weighted by atomic mass is 16.2. The first-order chi connectivity index (χ1) is 9.18. The van der Waals surface area contributed by atoms with Crippen LogP contribution in [-0.2, 0) is 9.59 Å². The molecular weight excluding hydrogens is 240 g/mol. The summed E-state index contributed by atoms with van der Waals surface area (Å²) >= 11 is 0. The molecule has 1 aliphatic carbocycles. The standard InChI is InChI=1S/C15H24N2O2/c1-11-14(18)16-9-5-8-13(16)15(19)17(11)10-12-6-3-2-4-7-12/h11-13H,2-10H2,1H3. The molecule has 3 fully saturated rings. The summed E-state index contributed by atoms with van der Waals surface area (Å²) in [6, 6.07) is -0.393. The molecule has 0 spiro atoms. The lowest BCUT2D eigenvalue weighted by molar-refractivity contribution is -0.159. The lowest BCUT2D eigenvalue weighted by Gasteiger charge is -2.42. The summed E-state index contributed by atoms with van der Waals surface area (Å²) in [4.78, 5) is 28.6. The molecule has 2 aliphatic heterocycles. The maximum Gasteiger partial charge on any atom is 0.246 e. The largest absolute Gasteiger partial charge is 0.329 e. The molecule has 3 rings (SSSR count). The summed E-state index contributed by atoms with van der Waals surface area (Å²) in [6.45, 7) is 3.48. The van der Waals surface area contributed by atoms with E-state index >= 15 is 0 Å². The lowest BCUT2D eigenvalue weighted by Crippen LogP contribution is -2.62. The van der Waals surface area contributed by atoms with E-state index < -0.39 is 0 Å². The number of piperazine rings is 1. The molecule has 2 saturated heterocycles. The fraction of sp³-hybridized carbons (Fsp3) is 0.867. The van der Waals surface area contributed by atoms with Crippen molar-refractivity contribution in [3.63, 3.8) is 0 Å². The van der Waals surface area contributed by atoms with E-state index in [2.05, 4.69) is 0 Å². The summed E-state index contributed by atoms with van der Waals surface area (Å²) in [7, 11) is 0. The first-order valence-corrected chi connectivity index (χ1v) is 7.79. The number of hydrogen-bond donors (Lipinski definition) is 0. The number of amides is 2. The van der Waals surface area contributed by atoms with Gasteiger partial charge in [0.2, 0.25) is 11.8 Å². The quantitative estimate of drug-likeness (QED) is 0.763. The Labute approximate surface area is 115 Å². The summed E-state index contributed by atoms with van der Waals surface area (Å²) in [5, 5.41) is 0. The predicted octanol–water partition coefficient (Wildman–Crippen LogP) is 1.79. The van der Waals surface area contributed by atoms with Crippen molar-refractivity contribution in [1.82, 2.24) is 9.80 Å². The van der Waals surface area contributed by atoms with Gasteiger partial charge in [-0.25, -0.2) is 0 Å².